The van der Waals surface area contributed by atoms with Crippen LogP contribution in [-0.4, -0.2) is 0 Å². The van der Waals surface area contributed by atoms with Gasteiger partial charge >= 0.3 is 27.3 Å². The standard InChI is InChI=1S/2C15H24O.Cd/c2*1-2-3-4-5-6-7-8-9-14-10-12-15(16)13-11-14;/h2*10-13,16H,2-9H2,1H3;/q;;+2/p-2. The Labute approximate surface area is 224 Å². The van der Waals surface area contributed by atoms with E-state index >= 15 is 0 Å². The van der Waals surface area contributed by atoms with Crippen LogP contribution < -0.4 is 10.2 Å². The van der Waals surface area contributed by atoms with Crippen molar-refractivity contribution in [3.05, 3.63) is 59.7 Å². The van der Waals surface area contributed by atoms with E-state index < -0.39 is 0 Å². The second-order valence-electron chi connectivity index (χ2n) is 9.03. The molecule has 0 unspecified atom stereocenters. The van der Waals surface area contributed by atoms with Crippen LogP contribution in [0.1, 0.15) is 115 Å². The Morgan fingerprint density at radius 3 is 1.00 bits per heavy atom. The Morgan fingerprint density at radius 1 is 0.424 bits per heavy atom. The summed E-state index contributed by atoms with van der Waals surface area (Å²) in [5.74, 6) is 0.228. The van der Waals surface area contributed by atoms with Crippen LogP contribution in [0.15, 0.2) is 48.5 Å². The normalized spacial score (nSPS) is 10.2. The van der Waals surface area contributed by atoms with Crippen LogP contribution in [0, 0.1) is 0 Å². The van der Waals surface area contributed by atoms with Gasteiger partial charge in [-0.2, -0.15) is 0 Å². The summed E-state index contributed by atoms with van der Waals surface area (Å²) < 4.78 is 0. The van der Waals surface area contributed by atoms with Gasteiger partial charge < -0.3 is 10.2 Å². The van der Waals surface area contributed by atoms with Gasteiger partial charge in [-0.05, 0) is 36.8 Å². The molecule has 0 radical (unpaired) electrons. The topological polar surface area (TPSA) is 46.1 Å². The Bertz CT molecular complexity index is 593. The Balaban J connectivity index is 0.000000602. The van der Waals surface area contributed by atoms with Crippen molar-refractivity contribution in [3.63, 3.8) is 0 Å². The zero-order chi connectivity index (χ0) is 23.3. The van der Waals surface area contributed by atoms with Gasteiger partial charge in [-0.25, -0.2) is 0 Å². The van der Waals surface area contributed by atoms with E-state index in [2.05, 4.69) is 13.8 Å². The summed E-state index contributed by atoms with van der Waals surface area (Å²) in [6.07, 6.45) is 21.1. The van der Waals surface area contributed by atoms with Gasteiger partial charge in [0, 0.05) is 0 Å². The van der Waals surface area contributed by atoms with Gasteiger partial charge in [0.25, 0.3) is 0 Å². The molecule has 0 saturated heterocycles. The van der Waals surface area contributed by atoms with E-state index in [1.54, 1.807) is 24.3 Å². The zero-order valence-electron chi connectivity index (χ0n) is 21.5. The van der Waals surface area contributed by atoms with Crippen LogP contribution in [0.4, 0.5) is 0 Å². The summed E-state index contributed by atoms with van der Waals surface area (Å²) in [4.78, 5) is 0. The van der Waals surface area contributed by atoms with Crippen LogP contribution in [0.25, 0.3) is 0 Å². The van der Waals surface area contributed by atoms with Crippen molar-refractivity contribution in [1.82, 2.24) is 0 Å². The molecule has 0 atom stereocenters. The molecule has 0 aliphatic rings. The first kappa shape index (κ1) is 32.0. The number of hydrogen-bond donors (Lipinski definition) is 0. The fourth-order valence-electron chi connectivity index (χ4n) is 3.88. The van der Waals surface area contributed by atoms with E-state index in [0.29, 0.717) is 0 Å². The third-order valence-electron chi connectivity index (χ3n) is 5.98. The average Bonchev–Trinajstić information content (AvgIpc) is 2.81. The molecule has 2 aromatic rings. The van der Waals surface area contributed by atoms with Crippen LogP contribution in [0.5, 0.6) is 11.5 Å². The average molecular weight is 551 g/mol. The largest absolute Gasteiger partial charge is 2.00 e. The zero-order valence-corrected chi connectivity index (χ0v) is 25.5. The summed E-state index contributed by atoms with van der Waals surface area (Å²) in [5, 5.41) is 21.8. The van der Waals surface area contributed by atoms with E-state index in [9.17, 15) is 10.2 Å². The summed E-state index contributed by atoms with van der Waals surface area (Å²) >= 11 is 0. The van der Waals surface area contributed by atoms with E-state index in [4.69, 9.17) is 0 Å². The van der Waals surface area contributed by atoms with Gasteiger partial charge in [0.2, 0.25) is 0 Å². The fraction of sp³-hybridized carbons (Fsp3) is 0.600. The molecular weight excluding hydrogens is 505 g/mol. The quantitative estimate of drug-likeness (QED) is 0.156. The minimum atomic E-state index is 0. The number of rotatable bonds is 16. The first-order valence-corrected chi connectivity index (χ1v) is 13.2. The van der Waals surface area contributed by atoms with Gasteiger partial charge in [0.05, 0.1) is 0 Å². The van der Waals surface area contributed by atoms with Crippen LogP contribution >= 0.6 is 0 Å². The smallest absolute Gasteiger partial charge is 0.872 e. The van der Waals surface area contributed by atoms with Crippen molar-refractivity contribution in [2.24, 2.45) is 0 Å². The molecule has 0 fully saturated rings. The molecule has 0 aromatic heterocycles. The second kappa shape index (κ2) is 22.7. The predicted molar refractivity (Wildman–Crippen MR) is 135 cm³/mol. The van der Waals surface area contributed by atoms with Crippen LogP contribution in [0.2, 0.25) is 0 Å². The second-order valence-corrected chi connectivity index (χ2v) is 9.03. The monoisotopic (exact) mass is 552 g/mol. The molecule has 2 rings (SSSR count). The van der Waals surface area contributed by atoms with Crippen LogP contribution in [-0.2, 0) is 40.1 Å². The molecule has 0 saturated carbocycles. The third-order valence-corrected chi connectivity index (χ3v) is 5.98. The number of benzene rings is 2. The van der Waals surface area contributed by atoms with Gasteiger partial charge in [-0.1, -0.05) is 139 Å². The van der Waals surface area contributed by atoms with E-state index in [1.807, 2.05) is 24.3 Å². The first-order valence-electron chi connectivity index (χ1n) is 13.2. The molecule has 0 heterocycles. The number of unbranched alkanes of at least 4 members (excludes halogenated alkanes) is 12. The van der Waals surface area contributed by atoms with Crippen molar-refractivity contribution in [2.75, 3.05) is 0 Å². The maximum absolute atomic E-state index is 10.9. The third kappa shape index (κ3) is 19.0. The molecule has 180 valence electrons. The maximum atomic E-state index is 10.9. The molecule has 33 heavy (non-hydrogen) atoms. The van der Waals surface area contributed by atoms with Gasteiger partial charge in [-0.3, -0.25) is 0 Å². The Hall–Kier alpha value is -1.04. The fourth-order valence-corrected chi connectivity index (χ4v) is 3.88. The molecular formula is C30H46CdO2. The van der Waals surface area contributed by atoms with Crippen LogP contribution in [0.3, 0.4) is 0 Å². The molecule has 2 aromatic carbocycles. The summed E-state index contributed by atoms with van der Waals surface area (Å²) in [5.41, 5.74) is 2.60. The Morgan fingerprint density at radius 2 is 0.697 bits per heavy atom. The number of hydrogen-bond acceptors (Lipinski definition) is 2. The predicted octanol–water partition coefficient (Wildman–Crippen LogP) is 8.10. The minimum absolute atomic E-state index is 0. The van der Waals surface area contributed by atoms with Crippen molar-refractivity contribution in [2.45, 2.75) is 117 Å². The molecule has 2 nitrogen and oxygen atoms in total. The first-order chi connectivity index (χ1) is 15.7. The number of aryl methyl sites for hydroxylation is 2. The summed E-state index contributed by atoms with van der Waals surface area (Å²) in [6.45, 7) is 4.50. The van der Waals surface area contributed by atoms with E-state index in [0.717, 1.165) is 12.8 Å². The van der Waals surface area contributed by atoms with Gasteiger partial charge in [-0.15, -0.1) is 11.5 Å². The van der Waals surface area contributed by atoms with Crippen molar-refractivity contribution in [3.8, 4) is 11.5 Å². The Kier molecular flexibility index (Phi) is 22.0. The molecule has 0 aliphatic carbocycles. The summed E-state index contributed by atoms with van der Waals surface area (Å²) in [6, 6.07) is 14.5. The molecule has 0 amide bonds. The van der Waals surface area contributed by atoms with E-state index in [-0.39, 0.29) is 38.8 Å². The van der Waals surface area contributed by atoms with Crippen molar-refractivity contribution < 1.29 is 37.5 Å². The van der Waals surface area contributed by atoms with Crippen molar-refractivity contribution >= 4 is 0 Å². The maximum Gasteiger partial charge on any atom is 2.00 e. The summed E-state index contributed by atoms with van der Waals surface area (Å²) in [7, 11) is 0. The van der Waals surface area contributed by atoms with Crippen molar-refractivity contribution in [1.29, 1.82) is 0 Å². The molecule has 0 bridgehead atoms. The molecule has 0 spiro atoms. The van der Waals surface area contributed by atoms with E-state index in [1.165, 1.54) is 101 Å². The minimum Gasteiger partial charge on any atom is -0.872 e. The SMILES string of the molecule is CCCCCCCCCc1ccc([O-])cc1.CCCCCCCCCc1ccc([O-])cc1.[Cd+2]. The molecule has 0 N–H and O–H groups in total. The molecule has 0 aliphatic heterocycles. The van der Waals surface area contributed by atoms with Gasteiger partial charge in [0.15, 0.2) is 0 Å². The molecule has 3 heteroatoms. The van der Waals surface area contributed by atoms with Gasteiger partial charge in [0.1, 0.15) is 0 Å².